The molecule has 1 atom stereocenters. The van der Waals surface area contributed by atoms with Gasteiger partial charge < -0.3 is 14.6 Å². The number of carbonyl (C=O) groups excluding carboxylic acids is 1. The van der Waals surface area contributed by atoms with Crippen molar-refractivity contribution < 1.29 is 9.53 Å². The van der Waals surface area contributed by atoms with Crippen molar-refractivity contribution in [2.45, 2.75) is 19.9 Å². The Labute approximate surface area is 125 Å². The Morgan fingerprint density at radius 3 is 2.62 bits per heavy atom. The molecule has 0 aliphatic rings. The minimum absolute atomic E-state index is 0.0195. The normalized spacial score (nSPS) is 12.2. The van der Waals surface area contributed by atoms with Gasteiger partial charge in [-0.3, -0.25) is 4.79 Å². The van der Waals surface area contributed by atoms with Crippen LogP contribution in [-0.4, -0.2) is 22.6 Å². The SMILES string of the molecule is COc1ccccc1[C@H](NC(=O)C(C)C)c1nccn1C. The van der Waals surface area contributed by atoms with E-state index >= 15 is 0 Å². The van der Waals surface area contributed by atoms with Crippen LogP contribution in [0.2, 0.25) is 0 Å². The second kappa shape index (κ2) is 6.43. The number of amides is 1. The van der Waals surface area contributed by atoms with Crippen molar-refractivity contribution in [1.29, 1.82) is 0 Å². The van der Waals surface area contributed by atoms with Gasteiger partial charge in [-0.1, -0.05) is 32.0 Å². The first-order valence-electron chi connectivity index (χ1n) is 6.95. The van der Waals surface area contributed by atoms with E-state index in [0.29, 0.717) is 0 Å². The molecule has 1 amide bonds. The molecule has 0 fully saturated rings. The topological polar surface area (TPSA) is 56.1 Å². The lowest BCUT2D eigenvalue weighted by atomic mass is 10.0. The largest absolute Gasteiger partial charge is 0.496 e. The van der Waals surface area contributed by atoms with E-state index in [4.69, 9.17) is 4.74 Å². The molecule has 2 rings (SSSR count). The molecule has 0 spiro atoms. The highest BCUT2D eigenvalue weighted by Gasteiger charge is 2.24. The van der Waals surface area contributed by atoms with E-state index in [0.717, 1.165) is 17.1 Å². The number of imidazole rings is 1. The van der Waals surface area contributed by atoms with Crippen LogP contribution >= 0.6 is 0 Å². The zero-order valence-corrected chi connectivity index (χ0v) is 12.8. The number of ether oxygens (including phenoxy) is 1. The van der Waals surface area contributed by atoms with E-state index in [1.54, 1.807) is 13.3 Å². The zero-order chi connectivity index (χ0) is 15.4. The third-order valence-electron chi connectivity index (χ3n) is 3.38. The quantitative estimate of drug-likeness (QED) is 0.918. The number of methoxy groups -OCH3 is 1. The highest BCUT2D eigenvalue weighted by Crippen LogP contribution is 2.29. The Morgan fingerprint density at radius 1 is 1.33 bits per heavy atom. The molecule has 0 saturated heterocycles. The predicted octanol–water partition coefficient (Wildman–Crippen LogP) is 2.29. The molecular weight excluding hydrogens is 266 g/mol. The minimum atomic E-state index is -0.337. The molecular formula is C16H21N3O2. The monoisotopic (exact) mass is 287 g/mol. The van der Waals surface area contributed by atoms with Gasteiger partial charge in [0, 0.05) is 30.9 Å². The van der Waals surface area contributed by atoms with E-state index in [9.17, 15) is 4.79 Å². The summed E-state index contributed by atoms with van der Waals surface area (Å²) < 4.78 is 7.32. The van der Waals surface area contributed by atoms with Crippen LogP contribution in [0.5, 0.6) is 5.75 Å². The smallest absolute Gasteiger partial charge is 0.223 e. The summed E-state index contributed by atoms with van der Waals surface area (Å²) in [7, 11) is 3.53. The molecule has 1 heterocycles. The summed E-state index contributed by atoms with van der Waals surface area (Å²) in [6.45, 7) is 3.74. The molecule has 1 N–H and O–H groups in total. The fourth-order valence-electron chi connectivity index (χ4n) is 2.15. The molecule has 0 aliphatic carbocycles. The molecule has 2 aromatic rings. The van der Waals surface area contributed by atoms with E-state index < -0.39 is 0 Å². The van der Waals surface area contributed by atoms with E-state index in [-0.39, 0.29) is 17.9 Å². The van der Waals surface area contributed by atoms with Gasteiger partial charge in [0.2, 0.25) is 5.91 Å². The molecule has 0 aliphatic heterocycles. The maximum Gasteiger partial charge on any atom is 0.223 e. The lowest BCUT2D eigenvalue weighted by Gasteiger charge is -2.22. The van der Waals surface area contributed by atoms with Gasteiger partial charge in [0.05, 0.1) is 7.11 Å². The highest BCUT2D eigenvalue weighted by atomic mass is 16.5. The Bertz CT molecular complexity index is 619. The van der Waals surface area contributed by atoms with Crippen molar-refractivity contribution in [2.75, 3.05) is 7.11 Å². The number of carbonyl (C=O) groups is 1. The van der Waals surface area contributed by atoms with E-state index in [2.05, 4.69) is 10.3 Å². The highest BCUT2D eigenvalue weighted by molar-refractivity contribution is 5.78. The maximum atomic E-state index is 12.1. The van der Waals surface area contributed by atoms with Crippen molar-refractivity contribution in [3.63, 3.8) is 0 Å². The van der Waals surface area contributed by atoms with E-state index in [1.165, 1.54) is 0 Å². The first-order valence-corrected chi connectivity index (χ1v) is 6.95. The first-order chi connectivity index (χ1) is 10.0. The average molecular weight is 287 g/mol. The summed E-state index contributed by atoms with van der Waals surface area (Å²) in [4.78, 5) is 16.5. The van der Waals surface area contributed by atoms with Crippen molar-refractivity contribution in [1.82, 2.24) is 14.9 Å². The number of aromatic nitrogens is 2. The number of para-hydroxylation sites is 1. The summed E-state index contributed by atoms with van der Waals surface area (Å²) in [5.74, 6) is 1.39. The molecule has 0 saturated carbocycles. The average Bonchev–Trinajstić information content (AvgIpc) is 2.90. The van der Waals surface area contributed by atoms with Crippen LogP contribution in [0.3, 0.4) is 0 Å². The Kier molecular flexibility index (Phi) is 4.62. The van der Waals surface area contributed by atoms with Gasteiger partial charge in [0.1, 0.15) is 17.6 Å². The molecule has 21 heavy (non-hydrogen) atoms. The molecule has 5 heteroatoms. The number of hydrogen-bond acceptors (Lipinski definition) is 3. The van der Waals surface area contributed by atoms with Crippen molar-refractivity contribution in [3.8, 4) is 5.75 Å². The van der Waals surface area contributed by atoms with Crippen LogP contribution in [0.1, 0.15) is 31.3 Å². The summed E-state index contributed by atoms with van der Waals surface area (Å²) in [6, 6.07) is 7.32. The van der Waals surface area contributed by atoms with Gasteiger partial charge in [-0.15, -0.1) is 0 Å². The molecule has 0 bridgehead atoms. The molecule has 0 unspecified atom stereocenters. The third-order valence-corrected chi connectivity index (χ3v) is 3.38. The van der Waals surface area contributed by atoms with Gasteiger partial charge in [0.25, 0.3) is 0 Å². The van der Waals surface area contributed by atoms with Crippen LogP contribution in [0, 0.1) is 5.92 Å². The maximum absolute atomic E-state index is 12.1. The lowest BCUT2D eigenvalue weighted by Crippen LogP contribution is -2.34. The van der Waals surface area contributed by atoms with Gasteiger partial charge in [-0.05, 0) is 6.07 Å². The number of nitrogens with one attached hydrogen (secondary N) is 1. The van der Waals surface area contributed by atoms with Crippen LogP contribution in [0.4, 0.5) is 0 Å². The van der Waals surface area contributed by atoms with Crippen molar-refractivity contribution >= 4 is 5.91 Å². The van der Waals surface area contributed by atoms with Crippen LogP contribution in [-0.2, 0) is 11.8 Å². The standard InChI is InChI=1S/C16H21N3O2/c1-11(2)16(20)18-14(15-17-9-10-19(15)3)12-7-5-6-8-13(12)21-4/h5-11,14H,1-4H3,(H,18,20)/t14-/m0/s1. The molecule has 0 radical (unpaired) electrons. The molecule has 1 aromatic heterocycles. The molecule has 1 aromatic carbocycles. The van der Waals surface area contributed by atoms with Crippen LogP contribution < -0.4 is 10.1 Å². The summed E-state index contributed by atoms with van der Waals surface area (Å²) >= 11 is 0. The van der Waals surface area contributed by atoms with Crippen LogP contribution in [0.25, 0.3) is 0 Å². The fourth-order valence-corrected chi connectivity index (χ4v) is 2.15. The van der Waals surface area contributed by atoms with Crippen molar-refractivity contribution in [3.05, 3.63) is 48.0 Å². The van der Waals surface area contributed by atoms with Gasteiger partial charge in [-0.25, -0.2) is 4.98 Å². The Balaban J connectivity index is 2.45. The number of benzene rings is 1. The van der Waals surface area contributed by atoms with Gasteiger partial charge >= 0.3 is 0 Å². The van der Waals surface area contributed by atoms with Gasteiger partial charge in [0.15, 0.2) is 0 Å². The summed E-state index contributed by atoms with van der Waals surface area (Å²) in [5.41, 5.74) is 0.892. The first kappa shape index (κ1) is 15.1. The zero-order valence-electron chi connectivity index (χ0n) is 12.8. The summed E-state index contributed by atoms with van der Waals surface area (Å²) in [6.07, 6.45) is 3.58. The van der Waals surface area contributed by atoms with Crippen molar-refractivity contribution in [2.24, 2.45) is 13.0 Å². The number of aryl methyl sites for hydroxylation is 1. The lowest BCUT2D eigenvalue weighted by molar-refractivity contribution is -0.124. The van der Waals surface area contributed by atoms with Crippen LogP contribution in [0.15, 0.2) is 36.7 Å². The number of rotatable bonds is 5. The Hall–Kier alpha value is -2.30. The second-order valence-electron chi connectivity index (χ2n) is 5.23. The van der Waals surface area contributed by atoms with E-state index in [1.807, 2.05) is 55.9 Å². The number of hydrogen-bond donors (Lipinski definition) is 1. The predicted molar refractivity (Wildman–Crippen MR) is 81.0 cm³/mol. The molecule has 5 nitrogen and oxygen atoms in total. The minimum Gasteiger partial charge on any atom is -0.496 e. The Morgan fingerprint density at radius 2 is 2.05 bits per heavy atom. The summed E-state index contributed by atoms with van der Waals surface area (Å²) in [5, 5.41) is 3.05. The fraction of sp³-hybridized carbons (Fsp3) is 0.375. The second-order valence-corrected chi connectivity index (χ2v) is 5.23. The number of nitrogens with zero attached hydrogens (tertiary/aromatic N) is 2. The van der Waals surface area contributed by atoms with Gasteiger partial charge in [-0.2, -0.15) is 0 Å². The molecule has 112 valence electrons. The third kappa shape index (κ3) is 3.24.